The molecule has 19 heavy (non-hydrogen) atoms. The normalized spacial score (nSPS) is 15.0. The summed E-state index contributed by atoms with van der Waals surface area (Å²) in [5.74, 6) is 0.852. The zero-order valence-corrected chi connectivity index (χ0v) is 11.2. The molecule has 0 bridgehead atoms. The summed E-state index contributed by atoms with van der Waals surface area (Å²) in [6, 6.07) is 5.06. The first-order valence-electron chi connectivity index (χ1n) is 6.73. The molecule has 0 aliphatic heterocycles. The minimum absolute atomic E-state index is 0.0979. The lowest BCUT2D eigenvalue weighted by molar-refractivity contribution is -0.384. The molecule has 1 fully saturated rings. The van der Waals surface area contributed by atoms with Gasteiger partial charge in [0.05, 0.1) is 11.5 Å². The van der Waals surface area contributed by atoms with E-state index in [2.05, 4.69) is 5.32 Å². The van der Waals surface area contributed by atoms with Crippen LogP contribution in [0, 0.1) is 16.0 Å². The molecule has 1 aliphatic rings. The highest BCUT2D eigenvalue weighted by Crippen LogP contribution is 2.29. The monoisotopic (exact) mass is 264 g/mol. The number of hydrogen-bond donors (Lipinski definition) is 1. The second kappa shape index (κ2) is 6.52. The van der Waals surface area contributed by atoms with Crippen molar-refractivity contribution in [2.24, 2.45) is 5.92 Å². The van der Waals surface area contributed by atoms with Crippen molar-refractivity contribution in [3.63, 3.8) is 0 Å². The number of nitrogens with zero attached hydrogens (tertiary/aromatic N) is 1. The van der Waals surface area contributed by atoms with Crippen LogP contribution >= 0.6 is 0 Å². The Bertz CT molecular complexity index is 444. The number of rotatable bonds is 7. The minimum atomic E-state index is -0.382. The topological polar surface area (TPSA) is 64.4 Å². The first-order chi connectivity index (χ1) is 9.20. The van der Waals surface area contributed by atoms with Crippen LogP contribution < -0.4 is 5.32 Å². The maximum absolute atomic E-state index is 10.8. The molecule has 1 aromatic rings. The molecule has 0 radical (unpaired) electrons. The Labute approximate surface area is 113 Å². The summed E-state index contributed by atoms with van der Waals surface area (Å²) in [7, 11) is 1.68. The van der Waals surface area contributed by atoms with Gasteiger partial charge in [-0.1, -0.05) is 19.3 Å². The lowest BCUT2D eigenvalue weighted by atomic mass is 9.83. The van der Waals surface area contributed by atoms with Crippen LogP contribution in [0.3, 0.4) is 0 Å². The van der Waals surface area contributed by atoms with Crippen LogP contribution in [0.5, 0.6) is 0 Å². The van der Waals surface area contributed by atoms with Crippen LogP contribution in [0.2, 0.25) is 0 Å². The molecule has 0 saturated heterocycles. The van der Waals surface area contributed by atoms with Crippen molar-refractivity contribution < 1.29 is 9.66 Å². The van der Waals surface area contributed by atoms with Crippen LogP contribution in [0.1, 0.15) is 31.2 Å². The third-order valence-electron chi connectivity index (χ3n) is 3.69. The molecule has 5 heteroatoms. The van der Waals surface area contributed by atoms with Crippen molar-refractivity contribution >= 4 is 11.4 Å². The molecule has 0 heterocycles. The van der Waals surface area contributed by atoms with Gasteiger partial charge >= 0.3 is 0 Å². The third-order valence-corrected chi connectivity index (χ3v) is 3.69. The average Bonchev–Trinajstić information content (AvgIpc) is 2.35. The van der Waals surface area contributed by atoms with E-state index in [1.807, 2.05) is 0 Å². The van der Waals surface area contributed by atoms with Gasteiger partial charge in [0.25, 0.3) is 5.69 Å². The number of nitro groups is 1. The highest BCUT2D eigenvalue weighted by atomic mass is 16.6. The van der Waals surface area contributed by atoms with Gasteiger partial charge in [0.2, 0.25) is 0 Å². The van der Waals surface area contributed by atoms with Gasteiger partial charge in [-0.15, -0.1) is 0 Å². The lowest BCUT2D eigenvalue weighted by Gasteiger charge is -2.24. The van der Waals surface area contributed by atoms with Crippen molar-refractivity contribution in [2.45, 2.75) is 32.3 Å². The minimum Gasteiger partial charge on any atom is -0.383 e. The van der Waals surface area contributed by atoms with E-state index in [1.165, 1.54) is 25.3 Å². The fraction of sp³-hybridized carbons (Fsp3) is 0.571. The van der Waals surface area contributed by atoms with E-state index in [4.69, 9.17) is 4.74 Å². The zero-order valence-electron chi connectivity index (χ0n) is 11.2. The van der Waals surface area contributed by atoms with E-state index in [1.54, 1.807) is 19.2 Å². The SMILES string of the molecule is CNc1cc(COCCC2CCC2)ccc1[N+](=O)[O-]. The molecule has 1 aliphatic carbocycles. The average molecular weight is 264 g/mol. The van der Waals surface area contributed by atoms with E-state index >= 15 is 0 Å². The summed E-state index contributed by atoms with van der Waals surface area (Å²) in [6.45, 7) is 1.29. The molecular weight excluding hydrogens is 244 g/mol. The maximum atomic E-state index is 10.8. The van der Waals surface area contributed by atoms with Gasteiger partial charge in [-0.25, -0.2) is 0 Å². The molecule has 2 rings (SSSR count). The highest BCUT2D eigenvalue weighted by molar-refractivity contribution is 5.62. The Morgan fingerprint density at radius 2 is 2.26 bits per heavy atom. The van der Waals surface area contributed by atoms with Crippen molar-refractivity contribution in [2.75, 3.05) is 19.0 Å². The molecule has 0 unspecified atom stereocenters. The number of anilines is 1. The zero-order chi connectivity index (χ0) is 13.7. The second-order valence-corrected chi connectivity index (χ2v) is 5.00. The van der Waals surface area contributed by atoms with Gasteiger partial charge in [0, 0.05) is 19.7 Å². The van der Waals surface area contributed by atoms with Gasteiger partial charge in [0.15, 0.2) is 0 Å². The smallest absolute Gasteiger partial charge is 0.292 e. The van der Waals surface area contributed by atoms with Crippen LogP contribution in [-0.2, 0) is 11.3 Å². The fourth-order valence-corrected chi connectivity index (χ4v) is 2.25. The molecule has 0 atom stereocenters. The van der Waals surface area contributed by atoms with Crippen molar-refractivity contribution in [1.82, 2.24) is 0 Å². The Balaban J connectivity index is 1.84. The standard InChI is InChI=1S/C14H20N2O3/c1-15-13-9-12(5-6-14(13)16(17)18)10-19-8-7-11-3-2-4-11/h5-6,9,11,15H,2-4,7-8,10H2,1H3. The van der Waals surface area contributed by atoms with Crippen molar-refractivity contribution in [1.29, 1.82) is 0 Å². The summed E-state index contributed by atoms with van der Waals surface area (Å²) >= 11 is 0. The fourth-order valence-electron chi connectivity index (χ4n) is 2.25. The molecular formula is C14H20N2O3. The number of benzene rings is 1. The Kier molecular flexibility index (Phi) is 4.74. The van der Waals surface area contributed by atoms with E-state index < -0.39 is 0 Å². The summed E-state index contributed by atoms with van der Waals surface area (Å²) in [6.07, 6.45) is 5.17. The highest BCUT2D eigenvalue weighted by Gasteiger charge is 2.17. The van der Waals surface area contributed by atoms with Gasteiger partial charge in [-0.2, -0.15) is 0 Å². The van der Waals surface area contributed by atoms with Crippen LogP contribution in [0.15, 0.2) is 18.2 Å². The van der Waals surface area contributed by atoms with Crippen LogP contribution in [-0.4, -0.2) is 18.6 Å². The molecule has 1 saturated carbocycles. The molecule has 104 valence electrons. The Hall–Kier alpha value is -1.62. The van der Waals surface area contributed by atoms with E-state index in [-0.39, 0.29) is 10.6 Å². The van der Waals surface area contributed by atoms with Gasteiger partial charge in [-0.05, 0) is 30.0 Å². The number of nitrogens with one attached hydrogen (secondary N) is 1. The van der Waals surface area contributed by atoms with Crippen molar-refractivity contribution in [3.8, 4) is 0 Å². The summed E-state index contributed by atoms with van der Waals surface area (Å²) in [4.78, 5) is 10.4. The van der Waals surface area contributed by atoms with Gasteiger partial charge in [0.1, 0.15) is 5.69 Å². The van der Waals surface area contributed by atoms with Gasteiger partial charge in [-0.3, -0.25) is 10.1 Å². The largest absolute Gasteiger partial charge is 0.383 e. The molecule has 0 spiro atoms. The number of nitro benzene ring substituents is 1. The Morgan fingerprint density at radius 3 is 2.84 bits per heavy atom. The van der Waals surface area contributed by atoms with Crippen LogP contribution in [0.25, 0.3) is 0 Å². The van der Waals surface area contributed by atoms with E-state index in [9.17, 15) is 10.1 Å². The summed E-state index contributed by atoms with van der Waals surface area (Å²) < 4.78 is 5.63. The first kappa shape index (κ1) is 13.8. The van der Waals surface area contributed by atoms with Crippen molar-refractivity contribution in [3.05, 3.63) is 33.9 Å². The molecule has 0 aromatic heterocycles. The third kappa shape index (κ3) is 3.67. The predicted octanol–water partition coefficient (Wildman–Crippen LogP) is 3.34. The molecule has 1 aromatic carbocycles. The molecule has 0 amide bonds. The maximum Gasteiger partial charge on any atom is 0.292 e. The Morgan fingerprint density at radius 1 is 1.47 bits per heavy atom. The van der Waals surface area contributed by atoms with Crippen LogP contribution in [0.4, 0.5) is 11.4 Å². The predicted molar refractivity (Wildman–Crippen MR) is 74.3 cm³/mol. The lowest BCUT2D eigenvalue weighted by Crippen LogP contribution is -2.13. The summed E-state index contributed by atoms with van der Waals surface area (Å²) in [5, 5.41) is 13.6. The quantitative estimate of drug-likeness (QED) is 0.466. The van der Waals surface area contributed by atoms with E-state index in [0.29, 0.717) is 12.3 Å². The van der Waals surface area contributed by atoms with Gasteiger partial charge < -0.3 is 10.1 Å². The summed E-state index contributed by atoms with van der Waals surface area (Å²) in [5.41, 5.74) is 1.59. The molecule has 1 N–H and O–H groups in total. The number of hydrogen-bond acceptors (Lipinski definition) is 4. The molecule has 5 nitrogen and oxygen atoms in total. The van der Waals surface area contributed by atoms with E-state index in [0.717, 1.165) is 24.5 Å². The second-order valence-electron chi connectivity index (χ2n) is 5.00. The number of ether oxygens (including phenoxy) is 1. The first-order valence-corrected chi connectivity index (χ1v) is 6.73.